The molecule has 0 unspecified atom stereocenters. The lowest BCUT2D eigenvalue weighted by molar-refractivity contribution is -0.120. The van der Waals surface area contributed by atoms with Gasteiger partial charge in [-0.2, -0.15) is 0 Å². The molecule has 2 heterocycles. The standard InChI is InChI=1S/C20H22N2O2/c1-14-10-12-22(18-8-4-3-7-17(18)21-14)20(23)16-11-13-24-19-9-5-2-6-15(16)19/h2-9,14,16,21H,10-13H2,1H3/t14-,16-/m1/s1. The molecule has 0 saturated carbocycles. The number of rotatable bonds is 1. The van der Waals surface area contributed by atoms with Crippen LogP contribution in [0.2, 0.25) is 0 Å². The number of carbonyl (C=O) groups excluding carboxylic acids is 1. The minimum absolute atomic E-state index is 0.128. The van der Waals surface area contributed by atoms with Gasteiger partial charge in [-0.05, 0) is 38.0 Å². The maximum absolute atomic E-state index is 13.4. The molecule has 2 atom stereocenters. The quantitative estimate of drug-likeness (QED) is 0.868. The van der Waals surface area contributed by atoms with Gasteiger partial charge in [0.15, 0.2) is 0 Å². The molecule has 0 aliphatic carbocycles. The van der Waals surface area contributed by atoms with Crippen molar-refractivity contribution in [3.8, 4) is 5.75 Å². The maximum atomic E-state index is 13.4. The Morgan fingerprint density at radius 2 is 1.92 bits per heavy atom. The van der Waals surface area contributed by atoms with Crippen molar-refractivity contribution in [1.82, 2.24) is 0 Å². The third-order valence-corrected chi connectivity index (χ3v) is 4.91. The summed E-state index contributed by atoms with van der Waals surface area (Å²) in [4.78, 5) is 15.3. The molecule has 0 spiro atoms. The minimum atomic E-state index is -0.128. The van der Waals surface area contributed by atoms with E-state index >= 15 is 0 Å². The van der Waals surface area contributed by atoms with E-state index in [2.05, 4.69) is 18.3 Å². The molecule has 4 heteroatoms. The van der Waals surface area contributed by atoms with Gasteiger partial charge in [0.05, 0.1) is 23.9 Å². The third kappa shape index (κ3) is 2.62. The Balaban J connectivity index is 1.70. The number of anilines is 2. The lowest BCUT2D eigenvalue weighted by atomic mass is 9.91. The van der Waals surface area contributed by atoms with Gasteiger partial charge in [-0.1, -0.05) is 30.3 Å². The highest BCUT2D eigenvalue weighted by Gasteiger charge is 2.33. The van der Waals surface area contributed by atoms with Gasteiger partial charge < -0.3 is 15.0 Å². The number of carbonyl (C=O) groups is 1. The predicted octanol–water partition coefficient (Wildman–Crippen LogP) is 3.79. The van der Waals surface area contributed by atoms with E-state index in [1.165, 1.54) is 0 Å². The molecule has 0 saturated heterocycles. The molecule has 0 bridgehead atoms. The number of hydrogen-bond acceptors (Lipinski definition) is 3. The summed E-state index contributed by atoms with van der Waals surface area (Å²) in [6, 6.07) is 16.3. The normalized spacial score (nSPS) is 22.5. The molecule has 4 nitrogen and oxygen atoms in total. The van der Waals surface area contributed by atoms with Crippen LogP contribution < -0.4 is 15.0 Å². The van der Waals surface area contributed by atoms with Crippen molar-refractivity contribution in [2.75, 3.05) is 23.4 Å². The van der Waals surface area contributed by atoms with E-state index in [0.29, 0.717) is 12.6 Å². The summed E-state index contributed by atoms with van der Waals surface area (Å²) < 4.78 is 5.72. The summed E-state index contributed by atoms with van der Waals surface area (Å²) in [7, 11) is 0. The fourth-order valence-corrected chi connectivity index (χ4v) is 3.63. The van der Waals surface area contributed by atoms with Crippen LogP contribution in [0.15, 0.2) is 48.5 Å². The molecule has 2 aliphatic rings. The fraction of sp³-hybridized carbons (Fsp3) is 0.350. The summed E-state index contributed by atoms with van der Waals surface area (Å²) in [6.45, 7) is 3.50. The van der Waals surface area contributed by atoms with Crippen molar-refractivity contribution in [2.24, 2.45) is 0 Å². The molecule has 124 valence electrons. The molecular weight excluding hydrogens is 300 g/mol. The number of ether oxygens (including phenoxy) is 1. The highest BCUT2D eigenvalue weighted by molar-refractivity contribution is 6.01. The van der Waals surface area contributed by atoms with Crippen molar-refractivity contribution in [2.45, 2.75) is 31.7 Å². The maximum Gasteiger partial charge on any atom is 0.234 e. The topological polar surface area (TPSA) is 41.6 Å². The lowest BCUT2D eigenvalue weighted by Gasteiger charge is -2.30. The molecular formula is C20H22N2O2. The molecule has 2 aromatic rings. The average molecular weight is 322 g/mol. The van der Waals surface area contributed by atoms with E-state index in [1.807, 2.05) is 47.4 Å². The summed E-state index contributed by atoms with van der Waals surface area (Å²) >= 11 is 0. The SMILES string of the molecule is C[C@@H]1CCN(C(=O)[C@@H]2CCOc3ccccc32)c2ccccc2N1. The summed E-state index contributed by atoms with van der Waals surface area (Å²) in [5, 5.41) is 3.51. The van der Waals surface area contributed by atoms with Crippen LogP contribution in [-0.2, 0) is 4.79 Å². The molecule has 0 aromatic heterocycles. The Bertz CT molecular complexity index is 759. The Kier molecular flexibility index (Phi) is 3.89. The average Bonchev–Trinajstić information content (AvgIpc) is 2.79. The first kappa shape index (κ1) is 15.1. The zero-order valence-corrected chi connectivity index (χ0v) is 13.9. The van der Waals surface area contributed by atoms with E-state index < -0.39 is 0 Å². The number of para-hydroxylation sites is 3. The van der Waals surface area contributed by atoms with Gasteiger partial charge in [0.2, 0.25) is 5.91 Å². The monoisotopic (exact) mass is 322 g/mol. The number of benzene rings is 2. The smallest absolute Gasteiger partial charge is 0.234 e. The minimum Gasteiger partial charge on any atom is -0.493 e. The number of fused-ring (bicyclic) bond motifs is 2. The highest BCUT2D eigenvalue weighted by Crippen LogP contribution is 2.38. The molecule has 2 aromatic carbocycles. The fourth-order valence-electron chi connectivity index (χ4n) is 3.63. The molecule has 2 aliphatic heterocycles. The van der Waals surface area contributed by atoms with Gasteiger partial charge in [0.1, 0.15) is 5.75 Å². The van der Waals surface area contributed by atoms with Crippen LogP contribution in [0.5, 0.6) is 5.75 Å². The van der Waals surface area contributed by atoms with Crippen molar-refractivity contribution >= 4 is 17.3 Å². The van der Waals surface area contributed by atoms with Crippen LogP contribution >= 0.6 is 0 Å². The van der Waals surface area contributed by atoms with E-state index in [0.717, 1.165) is 42.1 Å². The Morgan fingerprint density at radius 1 is 1.12 bits per heavy atom. The van der Waals surface area contributed by atoms with Gasteiger partial charge in [-0.25, -0.2) is 0 Å². The predicted molar refractivity (Wildman–Crippen MR) is 95.8 cm³/mol. The van der Waals surface area contributed by atoms with E-state index in [-0.39, 0.29) is 11.8 Å². The molecule has 0 radical (unpaired) electrons. The van der Waals surface area contributed by atoms with Gasteiger partial charge >= 0.3 is 0 Å². The van der Waals surface area contributed by atoms with Crippen molar-refractivity contribution in [3.05, 3.63) is 54.1 Å². The van der Waals surface area contributed by atoms with Gasteiger partial charge in [-0.15, -0.1) is 0 Å². The lowest BCUT2D eigenvalue weighted by Crippen LogP contribution is -2.37. The largest absolute Gasteiger partial charge is 0.493 e. The summed E-state index contributed by atoms with van der Waals surface area (Å²) in [5.41, 5.74) is 3.03. The summed E-state index contributed by atoms with van der Waals surface area (Å²) in [6.07, 6.45) is 1.67. The van der Waals surface area contributed by atoms with Crippen LogP contribution in [0.25, 0.3) is 0 Å². The van der Waals surface area contributed by atoms with Gasteiger partial charge in [-0.3, -0.25) is 4.79 Å². The third-order valence-electron chi connectivity index (χ3n) is 4.91. The number of amides is 1. The Labute approximate surface area is 142 Å². The molecule has 0 fully saturated rings. The molecule has 4 rings (SSSR count). The van der Waals surface area contributed by atoms with E-state index in [1.54, 1.807) is 0 Å². The Hall–Kier alpha value is -2.49. The van der Waals surface area contributed by atoms with Crippen molar-refractivity contribution in [3.63, 3.8) is 0 Å². The summed E-state index contributed by atoms with van der Waals surface area (Å²) in [5.74, 6) is 0.891. The van der Waals surface area contributed by atoms with E-state index in [4.69, 9.17) is 4.74 Å². The first-order chi connectivity index (χ1) is 11.7. The Morgan fingerprint density at radius 3 is 2.83 bits per heavy atom. The van der Waals surface area contributed by atoms with Crippen LogP contribution in [0.4, 0.5) is 11.4 Å². The first-order valence-electron chi connectivity index (χ1n) is 8.62. The number of hydrogen-bond donors (Lipinski definition) is 1. The second-order valence-corrected chi connectivity index (χ2v) is 6.57. The number of nitrogens with one attached hydrogen (secondary N) is 1. The van der Waals surface area contributed by atoms with Crippen LogP contribution in [-0.4, -0.2) is 25.1 Å². The van der Waals surface area contributed by atoms with Crippen LogP contribution in [0.1, 0.15) is 31.2 Å². The van der Waals surface area contributed by atoms with Crippen LogP contribution in [0.3, 0.4) is 0 Å². The first-order valence-corrected chi connectivity index (χ1v) is 8.62. The number of nitrogens with zero attached hydrogens (tertiary/aromatic N) is 1. The second-order valence-electron chi connectivity index (χ2n) is 6.57. The zero-order valence-electron chi connectivity index (χ0n) is 13.9. The van der Waals surface area contributed by atoms with E-state index in [9.17, 15) is 4.79 Å². The van der Waals surface area contributed by atoms with Gasteiger partial charge in [0.25, 0.3) is 0 Å². The molecule has 1 amide bonds. The molecule has 1 N–H and O–H groups in total. The van der Waals surface area contributed by atoms with Crippen molar-refractivity contribution < 1.29 is 9.53 Å². The van der Waals surface area contributed by atoms with Gasteiger partial charge in [0, 0.05) is 18.2 Å². The molecule has 24 heavy (non-hydrogen) atoms. The highest BCUT2D eigenvalue weighted by atomic mass is 16.5. The van der Waals surface area contributed by atoms with Crippen LogP contribution in [0, 0.1) is 0 Å². The second kappa shape index (κ2) is 6.19. The zero-order chi connectivity index (χ0) is 16.5. The van der Waals surface area contributed by atoms with Crippen molar-refractivity contribution in [1.29, 1.82) is 0 Å².